The number of likely N-dealkylation sites (tertiary alicyclic amines) is 1. The van der Waals surface area contributed by atoms with Crippen LogP contribution in [-0.2, 0) is 28.8 Å². The first-order valence-corrected chi connectivity index (χ1v) is 17.1. The Morgan fingerprint density at radius 1 is 0.896 bits per heavy atom. The van der Waals surface area contributed by atoms with E-state index in [2.05, 4.69) is 27.8 Å². The molecule has 1 heterocycles. The van der Waals surface area contributed by atoms with E-state index < -0.39 is 76.3 Å². The lowest BCUT2D eigenvalue weighted by atomic mass is 9.85. The highest BCUT2D eigenvalue weighted by Crippen LogP contribution is 2.45. The Hall–Kier alpha value is -3.77. The van der Waals surface area contributed by atoms with Crippen molar-refractivity contribution in [2.45, 2.75) is 125 Å². The van der Waals surface area contributed by atoms with Gasteiger partial charge in [0.25, 0.3) is 5.91 Å². The summed E-state index contributed by atoms with van der Waals surface area (Å²) in [6.45, 7) is 19.5. The fourth-order valence-corrected chi connectivity index (χ4v) is 6.10. The molecule has 1 aliphatic carbocycles. The molecule has 1 unspecified atom stereocenters. The van der Waals surface area contributed by atoms with Gasteiger partial charge in [-0.2, -0.15) is 0 Å². The normalized spacial score (nSPS) is 19.7. The van der Waals surface area contributed by atoms with E-state index in [0.29, 0.717) is 19.4 Å². The summed E-state index contributed by atoms with van der Waals surface area (Å²) in [5.41, 5.74) is -1.32. The van der Waals surface area contributed by atoms with E-state index in [0.717, 1.165) is 24.2 Å². The number of nitrogens with zero attached hydrogens (tertiary/aromatic N) is 2. The van der Waals surface area contributed by atoms with Crippen molar-refractivity contribution < 1.29 is 33.6 Å². The molecule has 270 valence electrons. The number of unbranched alkanes of at least 4 members (excludes halogenated alkanes) is 1. The van der Waals surface area contributed by atoms with Gasteiger partial charge >= 0.3 is 6.03 Å². The number of hydrogen-bond acceptors (Lipinski definition) is 7. The van der Waals surface area contributed by atoms with Gasteiger partial charge in [0.05, 0.1) is 12.1 Å². The molecule has 0 aromatic carbocycles. The van der Waals surface area contributed by atoms with Crippen LogP contribution in [0.5, 0.6) is 0 Å². The first kappa shape index (κ1) is 40.4. The predicted octanol–water partition coefficient (Wildman–Crippen LogP) is 2.68. The van der Waals surface area contributed by atoms with Crippen LogP contribution in [-0.4, -0.2) is 95.0 Å². The van der Waals surface area contributed by atoms with Gasteiger partial charge < -0.3 is 26.2 Å². The molecule has 4 N–H and O–H groups in total. The fraction of sp³-hybridized carbons (Fsp3) is 0.743. The van der Waals surface area contributed by atoms with Crippen molar-refractivity contribution in [1.29, 1.82) is 0 Å². The van der Waals surface area contributed by atoms with Gasteiger partial charge in [-0.15, -0.1) is 6.58 Å². The Morgan fingerprint density at radius 2 is 1.50 bits per heavy atom. The lowest BCUT2D eigenvalue weighted by Crippen LogP contribution is -2.62. The number of Topliss-reactive ketones (excluding diaryl/α,β-unsaturated/α-hetero) is 1. The Kier molecular flexibility index (Phi) is 14.4. The number of amides is 7. The van der Waals surface area contributed by atoms with Gasteiger partial charge in [0.15, 0.2) is 0 Å². The molecule has 0 radical (unpaired) electrons. The summed E-state index contributed by atoms with van der Waals surface area (Å²) >= 11 is 0. The molecule has 0 aromatic rings. The van der Waals surface area contributed by atoms with Crippen molar-refractivity contribution >= 4 is 41.4 Å². The molecule has 0 aromatic heterocycles. The van der Waals surface area contributed by atoms with E-state index >= 15 is 0 Å². The fourth-order valence-electron chi connectivity index (χ4n) is 6.10. The summed E-state index contributed by atoms with van der Waals surface area (Å²) in [5, 5.41) is 11.0. The van der Waals surface area contributed by atoms with Crippen molar-refractivity contribution in [3.8, 4) is 0 Å². The van der Waals surface area contributed by atoms with Crippen LogP contribution in [0.3, 0.4) is 0 Å². The minimum atomic E-state index is -1.04. The smallest absolute Gasteiger partial charge is 0.315 e. The minimum Gasteiger partial charge on any atom is -0.346 e. The van der Waals surface area contributed by atoms with Crippen molar-refractivity contribution in [3.05, 3.63) is 12.7 Å². The summed E-state index contributed by atoms with van der Waals surface area (Å²) < 4.78 is 0. The Labute approximate surface area is 285 Å². The molecule has 48 heavy (non-hydrogen) atoms. The average molecular weight is 675 g/mol. The minimum absolute atomic E-state index is 0.0450. The van der Waals surface area contributed by atoms with E-state index in [4.69, 9.17) is 0 Å². The molecule has 7 amide bonds. The molecule has 1 saturated heterocycles. The second-order valence-corrected chi connectivity index (χ2v) is 15.3. The molecule has 2 aliphatic rings. The van der Waals surface area contributed by atoms with Crippen molar-refractivity contribution in [2.24, 2.45) is 22.7 Å². The number of rotatable bonds is 15. The van der Waals surface area contributed by atoms with Crippen LogP contribution in [0.25, 0.3) is 0 Å². The predicted molar refractivity (Wildman–Crippen MR) is 182 cm³/mol. The molecule has 5 atom stereocenters. The second kappa shape index (κ2) is 17.1. The largest absolute Gasteiger partial charge is 0.346 e. The highest BCUT2D eigenvalue weighted by atomic mass is 16.2. The van der Waals surface area contributed by atoms with Crippen LogP contribution in [0.1, 0.15) is 101 Å². The molecule has 0 spiro atoms. The lowest BCUT2D eigenvalue weighted by Gasteiger charge is -2.38. The summed E-state index contributed by atoms with van der Waals surface area (Å²) in [6, 6.07) is -4.22. The Balaban J connectivity index is 2.34. The first-order valence-electron chi connectivity index (χ1n) is 17.1. The molecular formula is C35H58N6O7. The highest BCUT2D eigenvalue weighted by Gasteiger charge is 2.51. The quantitative estimate of drug-likeness (QED) is 0.153. The number of ketones is 1. The maximum atomic E-state index is 14.4. The van der Waals surface area contributed by atoms with Crippen LogP contribution in [0.4, 0.5) is 4.79 Å². The van der Waals surface area contributed by atoms with Gasteiger partial charge in [-0.3, -0.25) is 33.7 Å². The van der Waals surface area contributed by atoms with Gasteiger partial charge in [-0.05, 0) is 48.3 Å². The SMILES string of the molecule is C=CCNC(=O)C(=O)C(CCCC)NC(=O)[C@@H]1[C@@H](C2CC2)CCN1C(=O)[C@@H](NC(=O)N[C@H](CN(C(C)=O)C(C)=O)C(C)(C)C)C(C)(C)C. The molecular weight excluding hydrogens is 616 g/mol. The van der Waals surface area contributed by atoms with E-state index in [1.54, 1.807) is 0 Å². The van der Waals surface area contributed by atoms with Crippen LogP contribution in [0.2, 0.25) is 0 Å². The molecule has 1 saturated carbocycles. The second-order valence-electron chi connectivity index (χ2n) is 15.3. The van der Waals surface area contributed by atoms with Crippen LogP contribution >= 0.6 is 0 Å². The highest BCUT2D eigenvalue weighted by molar-refractivity contribution is 6.38. The molecule has 2 fully saturated rings. The maximum Gasteiger partial charge on any atom is 0.315 e. The third kappa shape index (κ3) is 11.2. The zero-order chi connectivity index (χ0) is 36.6. The molecule has 13 heteroatoms. The first-order chi connectivity index (χ1) is 22.2. The average Bonchev–Trinajstić information content (AvgIpc) is 3.73. The standard InChI is InChI=1S/C35H58N6O7/c1-11-13-14-25(28(44)31(46)36-18-12-2)37-30(45)27-24(23-15-16-23)17-19-40(27)32(47)29(35(8,9)10)39-33(48)38-26(34(5,6)7)20-41(21(3)42)22(4)43/h12,23-27,29H,2,11,13-20H2,1,3-10H3,(H,36,46)(H,37,45)(H2,38,39,48)/t24-,25?,26-,27+,29-/m1/s1. The third-order valence-corrected chi connectivity index (χ3v) is 9.20. The van der Waals surface area contributed by atoms with E-state index in [1.807, 2.05) is 48.5 Å². The number of hydrogen-bond donors (Lipinski definition) is 4. The van der Waals surface area contributed by atoms with E-state index in [9.17, 15) is 33.6 Å². The number of carbonyl (C=O) groups is 7. The summed E-state index contributed by atoms with van der Waals surface area (Å²) in [6.07, 6.45) is 5.59. The van der Waals surface area contributed by atoms with Crippen molar-refractivity contribution in [3.63, 3.8) is 0 Å². The third-order valence-electron chi connectivity index (χ3n) is 9.20. The van der Waals surface area contributed by atoms with Gasteiger partial charge in [-0.25, -0.2) is 4.79 Å². The van der Waals surface area contributed by atoms with Crippen LogP contribution < -0.4 is 21.3 Å². The monoisotopic (exact) mass is 674 g/mol. The summed E-state index contributed by atoms with van der Waals surface area (Å²) in [4.78, 5) is 94.3. The topological polar surface area (TPSA) is 174 Å². The van der Waals surface area contributed by atoms with Gasteiger partial charge in [-0.1, -0.05) is 67.4 Å². The van der Waals surface area contributed by atoms with Crippen molar-refractivity contribution in [2.75, 3.05) is 19.6 Å². The zero-order valence-electron chi connectivity index (χ0n) is 30.4. The number of carbonyl (C=O) groups excluding carboxylic acids is 7. The van der Waals surface area contributed by atoms with Crippen LogP contribution in [0.15, 0.2) is 12.7 Å². The van der Waals surface area contributed by atoms with Gasteiger partial charge in [0.2, 0.25) is 29.4 Å². The Morgan fingerprint density at radius 3 is 1.98 bits per heavy atom. The lowest BCUT2D eigenvalue weighted by molar-refractivity contribution is -0.144. The summed E-state index contributed by atoms with van der Waals surface area (Å²) in [7, 11) is 0. The Bertz CT molecular complexity index is 1220. The molecule has 1 aliphatic heterocycles. The molecule has 2 rings (SSSR count). The number of nitrogens with one attached hydrogen (secondary N) is 4. The zero-order valence-corrected chi connectivity index (χ0v) is 30.4. The number of imide groups is 1. The van der Waals surface area contributed by atoms with Crippen LogP contribution in [0, 0.1) is 22.7 Å². The van der Waals surface area contributed by atoms with Gasteiger partial charge in [0.1, 0.15) is 12.1 Å². The number of urea groups is 1. The van der Waals surface area contributed by atoms with E-state index in [1.165, 1.54) is 24.8 Å². The molecule has 0 bridgehead atoms. The maximum absolute atomic E-state index is 14.4. The summed E-state index contributed by atoms with van der Waals surface area (Å²) in [5.74, 6) is -3.20. The van der Waals surface area contributed by atoms with E-state index in [-0.39, 0.29) is 31.3 Å². The van der Waals surface area contributed by atoms with Gasteiger partial charge in [0, 0.05) is 33.5 Å². The molecule has 13 nitrogen and oxygen atoms in total. The van der Waals surface area contributed by atoms with Crippen molar-refractivity contribution in [1.82, 2.24) is 31.1 Å².